The van der Waals surface area contributed by atoms with Crippen LogP contribution in [-0.2, 0) is 65.4 Å². The van der Waals surface area contributed by atoms with Crippen molar-refractivity contribution in [2.75, 3.05) is 39.6 Å². The Morgan fingerprint density at radius 1 is 0.282 bits per heavy atom. The molecule has 0 aliphatic heterocycles. The predicted octanol–water partition coefficient (Wildman–Crippen LogP) is 25.5. The number of aliphatic hydroxyl groups excluding tert-OH is 1. The van der Waals surface area contributed by atoms with Crippen molar-refractivity contribution < 1.29 is 80.2 Å². The lowest BCUT2D eigenvalue weighted by Crippen LogP contribution is -2.30. The monoisotopic (exact) mass is 1510 g/mol. The van der Waals surface area contributed by atoms with Gasteiger partial charge in [0.2, 0.25) is 0 Å². The van der Waals surface area contributed by atoms with E-state index in [1.54, 1.807) is 0 Å². The summed E-state index contributed by atoms with van der Waals surface area (Å²) in [5.41, 5.74) is 0. The molecule has 0 fully saturated rings. The largest absolute Gasteiger partial charge is 0.472 e. The second-order valence-corrected chi connectivity index (χ2v) is 33.8. The Balaban J connectivity index is 5.22. The van der Waals surface area contributed by atoms with Gasteiger partial charge in [-0.2, -0.15) is 0 Å². The van der Waals surface area contributed by atoms with Gasteiger partial charge in [-0.05, 0) is 37.5 Å². The Kier molecular flexibility index (Phi) is 74.1. The first-order valence-electron chi connectivity index (χ1n) is 43.5. The highest BCUT2D eigenvalue weighted by Gasteiger charge is 2.30. The van der Waals surface area contributed by atoms with Crippen LogP contribution < -0.4 is 0 Å². The van der Waals surface area contributed by atoms with Gasteiger partial charge in [-0.25, -0.2) is 9.13 Å². The van der Waals surface area contributed by atoms with Gasteiger partial charge in [0.25, 0.3) is 0 Å². The maximum Gasteiger partial charge on any atom is 0.472 e. The van der Waals surface area contributed by atoms with Crippen LogP contribution in [-0.4, -0.2) is 96.7 Å². The molecule has 612 valence electrons. The highest BCUT2D eigenvalue weighted by Crippen LogP contribution is 2.45. The molecule has 3 unspecified atom stereocenters. The first-order valence-corrected chi connectivity index (χ1v) is 46.5. The Bertz CT molecular complexity index is 1980. The molecule has 0 heterocycles. The summed E-state index contributed by atoms with van der Waals surface area (Å²) in [5, 5.41) is 10.7. The fourth-order valence-corrected chi connectivity index (χ4v) is 14.6. The SMILES string of the molecule is CCCCCCCCCCCCCCCCCCCC(=O)OC[C@H](COP(=O)(O)OC[C@@H](O)COP(=O)(O)OC[C@@H](COC(=O)CCCCCCCCCCC(C)C)OC(=O)CCCCCCCCCCCCCCC)OC(=O)CCCCCCCCCCCCCCCCCCCCC(C)CC. The smallest absolute Gasteiger partial charge is 0.462 e. The van der Waals surface area contributed by atoms with Crippen LogP contribution >= 0.6 is 15.6 Å². The van der Waals surface area contributed by atoms with E-state index in [0.717, 1.165) is 102 Å². The molecule has 0 aromatic carbocycles. The fourth-order valence-electron chi connectivity index (χ4n) is 13.0. The van der Waals surface area contributed by atoms with Crippen LogP contribution in [0.15, 0.2) is 0 Å². The number of hydrogen-bond acceptors (Lipinski definition) is 15. The summed E-state index contributed by atoms with van der Waals surface area (Å²) in [6, 6.07) is 0. The summed E-state index contributed by atoms with van der Waals surface area (Å²) in [6.07, 6.45) is 66.6. The average molecular weight is 1510 g/mol. The Labute approximate surface area is 632 Å². The van der Waals surface area contributed by atoms with E-state index < -0.39 is 97.5 Å². The Morgan fingerprint density at radius 3 is 0.738 bits per heavy atom. The molecule has 0 aliphatic rings. The van der Waals surface area contributed by atoms with Gasteiger partial charge in [-0.15, -0.1) is 0 Å². The van der Waals surface area contributed by atoms with Crippen molar-refractivity contribution in [3.05, 3.63) is 0 Å². The first kappa shape index (κ1) is 101. The molecule has 0 saturated carbocycles. The lowest BCUT2D eigenvalue weighted by molar-refractivity contribution is -0.161. The average Bonchev–Trinajstić information content (AvgIpc) is 0.939. The molecular formula is C84H164O17P2. The van der Waals surface area contributed by atoms with Crippen LogP contribution in [0.4, 0.5) is 0 Å². The van der Waals surface area contributed by atoms with Gasteiger partial charge in [0.1, 0.15) is 19.3 Å². The number of phosphoric acid groups is 2. The van der Waals surface area contributed by atoms with Crippen molar-refractivity contribution >= 4 is 39.5 Å². The zero-order valence-electron chi connectivity index (χ0n) is 67.6. The van der Waals surface area contributed by atoms with E-state index in [1.165, 1.54) is 263 Å². The maximum absolute atomic E-state index is 13.1. The summed E-state index contributed by atoms with van der Waals surface area (Å²) in [6.45, 7) is 9.69. The van der Waals surface area contributed by atoms with Crippen LogP contribution in [0, 0.1) is 11.8 Å². The third kappa shape index (κ3) is 76.6. The van der Waals surface area contributed by atoms with Crippen LogP contribution in [0.2, 0.25) is 0 Å². The van der Waals surface area contributed by atoms with Crippen molar-refractivity contribution in [1.82, 2.24) is 0 Å². The molecule has 0 bridgehead atoms. The second kappa shape index (κ2) is 75.5. The van der Waals surface area contributed by atoms with Crippen LogP contribution in [0.3, 0.4) is 0 Å². The lowest BCUT2D eigenvalue weighted by Gasteiger charge is -2.21. The summed E-state index contributed by atoms with van der Waals surface area (Å²) in [4.78, 5) is 73.1. The number of phosphoric ester groups is 2. The number of ether oxygens (including phenoxy) is 4. The quantitative estimate of drug-likeness (QED) is 0.0222. The molecule has 19 heteroatoms. The number of esters is 4. The van der Waals surface area contributed by atoms with Gasteiger partial charge >= 0.3 is 39.5 Å². The van der Waals surface area contributed by atoms with Gasteiger partial charge in [-0.1, -0.05) is 395 Å². The topological polar surface area (TPSA) is 237 Å². The van der Waals surface area contributed by atoms with E-state index in [1.807, 2.05) is 0 Å². The molecule has 0 aromatic rings. The van der Waals surface area contributed by atoms with E-state index >= 15 is 0 Å². The van der Waals surface area contributed by atoms with Gasteiger partial charge in [0, 0.05) is 25.7 Å². The van der Waals surface area contributed by atoms with Crippen LogP contribution in [0.5, 0.6) is 0 Å². The first-order chi connectivity index (χ1) is 49.9. The molecule has 0 amide bonds. The van der Waals surface area contributed by atoms with Gasteiger partial charge in [-0.3, -0.25) is 37.3 Å². The Hall–Kier alpha value is -1.94. The third-order valence-corrected chi connectivity index (χ3v) is 22.0. The Morgan fingerprint density at radius 2 is 0.495 bits per heavy atom. The predicted molar refractivity (Wildman–Crippen MR) is 423 cm³/mol. The van der Waals surface area contributed by atoms with Gasteiger partial charge < -0.3 is 33.8 Å². The summed E-state index contributed by atoms with van der Waals surface area (Å²) >= 11 is 0. The summed E-state index contributed by atoms with van der Waals surface area (Å²) in [7, 11) is -9.92. The van der Waals surface area contributed by atoms with E-state index in [-0.39, 0.29) is 25.7 Å². The minimum absolute atomic E-state index is 0.107. The number of carbonyl (C=O) groups is 4. The fraction of sp³-hybridized carbons (Fsp3) is 0.952. The zero-order chi connectivity index (χ0) is 75.6. The molecule has 0 spiro atoms. The number of aliphatic hydroxyl groups is 1. The third-order valence-electron chi connectivity index (χ3n) is 20.1. The van der Waals surface area contributed by atoms with Crippen molar-refractivity contribution in [3.63, 3.8) is 0 Å². The lowest BCUT2D eigenvalue weighted by atomic mass is 9.99. The number of carbonyl (C=O) groups excluding carboxylic acids is 4. The van der Waals surface area contributed by atoms with Crippen LogP contribution in [0.25, 0.3) is 0 Å². The number of rotatable bonds is 83. The minimum Gasteiger partial charge on any atom is -0.462 e. The van der Waals surface area contributed by atoms with E-state index in [0.29, 0.717) is 25.7 Å². The van der Waals surface area contributed by atoms with Gasteiger partial charge in [0.15, 0.2) is 12.2 Å². The van der Waals surface area contributed by atoms with Crippen molar-refractivity contribution in [2.45, 2.75) is 464 Å². The van der Waals surface area contributed by atoms with Crippen molar-refractivity contribution in [1.29, 1.82) is 0 Å². The molecule has 0 saturated heterocycles. The van der Waals surface area contributed by atoms with Gasteiger partial charge in [0.05, 0.1) is 26.4 Å². The van der Waals surface area contributed by atoms with E-state index in [4.69, 9.17) is 37.0 Å². The molecular weight excluding hydrogens is 1340 g/mol. The van der Waals surface area contributed by atoms with Crippen molar-refractivity contribution in [2.24, 2.45) is 11.8 Å². The molecule has 0 radical (unpaired) electrons. The summed E-state index contributed by atoms with van der Waals surface area (Å²) in [5.74, 6) is -0.507. The van der Waals surface area contributed by atoms with Crippen LogP contribution in [0.1, 0.15) is 446 Å². The maximum atomic E-state index is 13.1. The number of hydrogen-bond donors (Lipinski definition) is 3. The second-order valence-electron chi connectivity index (χ2n) is 30.9. The molecule has 0 rings (SSSR count). The minimum atomic E-state index is -4.96. The molecule has 103 heavy (non-hydrogen) atoms. The standard InChI is InChI=1S/C84H164O17P2/c1-7-10-12-14-16-18-20-22-23-26-30-34-37-41-48-54-60-66-81(86)94-72-79(100-84(89)69-63-57-51-43-39-35-31-28-25-24-27-29-33-36-40-47-53-59-65-77(6)9-3)74-98-102(90,91)96-70-78(85)71-97-103(92,93)99-75-80(73-95-82(87)67-61-55-49-45-44-46-52-58-64-76(4)5)101-83(88)68-62-56-50-42-38-32-21-19-17-15-13-11-8-2/h76-80,85H,7-75H2,1-6H3,(H,90,91)(H,92,93)/t77?,78-,79-,80-/m1/s1. The van der Waals surface area contributed by atoms with Crippen molar-refractivity contribution in [3.8, 4) is 0 Å². The highest BCUT2D eigenvalue weighted by atomic mass is 31.2. The van der Waals surface area contributed by atoms with E-state index in [2.05, 4.69) is 41.5 Å². The molecule has 0 aliphatic carbocycles. The number of unbranched alkanes of at least 4 members (excludes halogenated alkanes) is 52. The highest BCUT2D eigenvalue weighted by molar-refractivity contribution is 7.47. The zero-order valence-corrected chi connectivity index (χ0v) is 69.4. The molecule has 6 atom stereocenters. The molecule has 17 nitrogen and oxygen atoms in total. The molecule has 0 aromatic heterocycles. The molecule has 3 N–H and O–H groups in total. The van der Waals surface area contributed by atoms with E-state index in [9.17, 15) is 43.2 Å². The normalized spacial score (nSPS) is 14.1. The summed E-state index contributed by atoms with van der Waals surface area (Å²) < 4.78 is 68.8.